The van der Waals surface area contributed by atoms with Crippen molar-refractivity contribution < 1.29 is 14.3 Å². The third-order valence-electron chi connectivity index (χ3n) is 7.91. The summed E-state index contributed by atoms with van der Waals surface area (Å²) in [5.41, 5.74) is 2.96. The lowest BCUT2D eigenvalue weighted by Gasteiger charge is -2.54. The number of Topliss-reactive ketones (excluding diaryl/α,β-unsaturated/α-hetero) is 1. The predicted molar refractivity (Wildman–Crippen MR) is 97.4 cm³/mol. The van der Waals surface area contributed by atoms with E-state index in [0.29, 0.717) is 17.6 Å². The Kier molecular flexibility index (Phi) is 4.10. The molecule has 3 nitrogen and oxygen atoms in total. The number of alkyl halides is 1. The molecule has 0 unspecified atom stereocenters. The van der Waals surface area contributed by atoms with E-state index in [1.807, 2.05) is 0 Å². The van der Waals surface area contributed by atoms with E-state index in [0.717, 1.165) is 51.4 Å². The Morgan fingerprint density at radius 1 is 1.16 bits per heavy atom. The molecule has 6 atom stereocenters. The number of allylic oxidation sites excluding steroid dienone is 2. The maximum Gasteiger partial charge on any atom is 0.302 e. The molecule has 0 N–H and O–H groups in total. The molecule has 0 amide bonds. The Labute approximate surface area is 155 Å². The Hall–Kier alpha value is -0.830. The van der Waals surface area contributed by atoms with E-state index < -0.39 is 0 Å². The van der Waals surface area contributed by atoms with Crippen LogP contribution in [0.25, 0.3) is 0 Å². The van der Waals surface area contributed by atoms with Crippen molar-refractivity contribution in [3.05, 3.63) is 11.1 Å². The molecule has 4 aliphatic carbocycles. The molecule has 0 bridgehead atoms. The van der Waals surface area contributed by atoms with Crippen molar-refractivity contribution in [2.24, 2.45) is 22.7 Å². The van der Waals surface area contributed by atoms with Crippen LogP contribution in [0, 0.1) is 22.7 Å². The van der Waals surface area contributed by atoms with Crippen LogP contribution in [0.4, 0.5) is 0 Å². The Morgan fingerprint density at radius 2 is 1.92 bits per heavy atom. The summed E-state index contributed by atoms with van der Waals surface area (Å²) in [6, 6.07) is 0. The molecule has 0 spiro atoms. The predicted octanol–water partition coefficient (Wildman–Crippen LogP) is 4.81. The average Bonchev–Trinajstić information content (AvgIpc) is 2.83. The van der Waals surface area contributed by atoms with Crippen LogP contribution in [0.1, 0.15) is 72.1 Å². The fourth-order valence-electron chi connectivity index (χ4n) is 6.52. The molecule has 4 heteroatoms. The SMILES string of the molecule is CC(=O)O[C@@H]1CCC2=C3CC[C@]4(C)C(=O)CC[C@@H]4[C@@H]3C[C@H](Cl)[C@]2(C)C1. The number of esters is 1. The van der Waals surface area contributed by atoms with E-state index in [1.165, 1.54) is 12.5 Å². The van der Waals surface area contributed by atoms with Gasteiger partial charge < -0.3 is 4.74 Å². The number of carbonyl (C=O) groups excluding carboxylic acids is 2. The highest BCUT2D eigenvalue weighted by Gasteiger charge is 2.57. The van der Waals surface area contributed by atoms with Gasteiger partial charge in [-0.2, -0.15) is 0 Å². The van der Waals surface area contributed by atoms with Crippen molar-refractivity contribution in [2.75, 3.05) is 0 Å². The topological polar surface area (TPSA) is 43.4 Å². The molecule has 0 aromatic heterocycles. The third-order valence-corrected chi connectivity index (χ3v) is 8.57. The second-order valence-corrected chi connectivity index (χ2v) is 9.72. The number of ether oxygens (including phenoxy) is 1. The lowest BCUT2D eigenvalue weighted by atomic mass is 9.53. The van der Waals surface area contributed by atoms with Gasteiger partial charge in [0.05, 0.1) is 0 Å². The molecule has 0 aromatic carbocycles. The summed E-state index contributed by atoms with van der Waals surface area (Å²) < 4.78 is 5.52. The highest BCUT2D eigenvalue weighted by atomic mass is 35.5. The van der Waals surface area contributed by atoms with E-state index in [-0.39, 0.29) is 28.3 Å². The zero-order valence-corrected chi connectivity index (χ0v) is 16.3. The normalized spacial score (nSPS) is 46.3. The van der Waals surface area contributed by atoms with Crippen LogP contribution in [0.2, 0.25) is 0 Å². The summed E-state index contributed by atoms with van der Waals surface area (Å²) in [6.07, 6.45) is 7.53. The van der Waals surface area contributed by atoms with Gasteiger partial charge in [-0.15, -0.1) is 11.6 Å². The number of hydrogen-bond acceptors (Lipinski definition) is 3. The number of carbonyl (C=O) groups is 2. The molecule has 4 aliphatic rings. The number of halogens is 1. The molecule has 0 radical (unpaired) electrons. The summed E-state index contributed by atoms with van der Waals surface area (Å²) in [5.74, 6) is 1.25. The van der Waals surface area contributed by atoms with Gasteiger partial charge in [-0.05, 0) is 56.8 Å². The monoisotopic (exact) mass is 364 g/mol. The average molecular weight is 365 g/mol. The summed E-state index contributed by atoms with van der Waals surface area (Å²) in [6.45, 7) is 5.96. The fraction of sp³-hybridized carbons (Fsp3) is 0.810. The Morgan fingerprint density at radius 3 is 2.64 bits per heavy atom. The van der Waals surface area contributed by atoms with Crippen molar-refractivity contribution in [1.82, 2.24) is 0 Å². The summed E-state index contributed by atoms with van der Waals surface area (Å²) in [4.78, 5) is 23.9. The molecule has 25 heavy (non-hydrogen) atoms. The molecule has 138 valence electrons. The van der Waals surface area contributed by atoms with Crippen LogP contribution in [0.15, 0.2) is 11.1 Å². The molecule has 0 heterocycles. The lowest BCUT2D eigenvalue weighted by Crippen LogP contribution is -2.49. The standard InChI is InChI=1S/C21H29ClO3/c1-12(23)25-13-4-5-16-14-8-9-20(2)17(6-7-19(20)24)15(14)10-18(22)21(16,3)11-13/h13,15,17-18H,4-11H2,1-3H3/t13-,15-,17-,18+,20+,21-/m1/s1. The quantitative estimate of drug-likeness (QED) is 0.381. The highest BCUT2D eigenvalue weighted by Crippen LogP contribution is 2.62. The highest BCUT2D eigenvalue weighted by molar-refractivity contribution is 6.21. The van der Waals surface area contributed by atoms with Gasteiger partial charge in [0.2, 0.25) is 0 Å². The van der Waals surface area contributed by atoms with Gasteiger partial charge in [-0.1, -0.05) is 25.0 Å². The van der Waals surface area contributed by atoms with Crippen molar-refractivity contribution in [2.45, 2.75) is 83.6 Å². The summed E-state index contributed by atoms with van der Waals surface area (Å²) >= 11 is 6.97. The number of ketones is 1. The van der Waals surface area contributed by atoms with E-state index in [2.05, 4.69) is 13.8 Å². The minimum atomic E-state index is -0.192. The van der Waals surface area contributed by atoms with Gasteiger partial charge in [0, 0.05) is 29.6 Å². The molecule has 3 fully saturated rings. The maximum absolute atomic E-state index is 12.5. The lowest BCUT2D eigenvalue weighted by molar-refractivity contribution is -0.149. The minimum Gasteiger partial charge on any atom is -0.463 e. The van der Waals surface area contributed by atoms with Crippen LogP contribution >= 0.6 is 11.6 Å². The van der Waals surface area contributed by atoms with Gasteiger partial charge in [0.1, 0.15) is 11.9 Å². The first-order valence-corrected chi connectivity index (χ1v) is 10.3. The fourth-order valence-corrected chi connectivity index (χ4v) is 6.94. The first-order valence-electron chi connectivity index (χ1n) is 9.82. The van der Waals surface area contributed by atoms with Gasteiger partial charge in [0.25, 0.3) is 0 Å². The van der Waals surface area contributed by atoms with Crippen LogP contribution < -0.4 is 0 Å². The van der Waals surface area contributed by atoms with Gasteiger partial charge >= 0.3 is 5.97 Å². The van der Waals surface area contributed by atoms with Crippen LogP contribution in [0.3, 0.4) is 0 Å². The number of fused-ring (bicyclic) bond motifs is 4. The summed E-state index contributed by atoms with van der Waals surface area (Å²) in [7, 11) is 0. The molecule has 0 aromatic rings. The van der Waals surface area contributed by atoms with Crippen LogP contribution in [0.5, 0.6) is 0 Å². The van der Waals surface area contributed by atoms with E-state index >= 15 is 0 Å². The Balaban J connectivity index is 1.68. The van der Waals surface area contributed by atoms with Crippen molar-refractivity contribution in [3.8, 4) is 0 Å². The zero-order valence-electron chi connectivity index (χ0n) is 15.6. The smallest absolute Gasteiger partial charge is 0.302 e. The van der Waals surface area contributed by atoms with Crippen molar-refractivity contribution in [1.29, 1.82) is 0 Å². The van der Waals surface area contributed by atoms with E-state index in [1.54, 1.807) is 5.57 Å². The molecular weight excluding hydrogens is 336 g/mol. The second kappa shape index (κ2) is 5.84. The molecule has 0 saturated heterocycles. The first-order chi connectivity index (χ1) is 11.8. The van der Waals surface area contributed by atoms with E-state index in [4.69, 9.17) is 16.3 Å². The van der Waals surface area contributed by atoms with Crippen molar-refractivity contribution in [3.63, 3.8) is 0 Å². The Bertz CT molecular complexity index is 654. The van der Waals surface area contributed by atoms with E-state index in [9.17, 15) is 9.59 Å². The number of hydrogen-bond donors (Lipinski definition) is 0. The van der Waals surface area contributed by atoms with Crippen LogP contribution in [-0.4, -0.2) is 23.2 Å². The maximum atomic E-state index is 12.5. The van der Waals surface area contributed by atoms with Gasteiger partial charge in [-0.3, -0.25) is 9.59 Å². The van der Waals surface area contributed by atoms with Crippen molar-refractivity contribution >= 4 is 23.4 Å². The van der Waals surface area contributed by atoms with Gasteiger partial charge in [0.15, 0.2) is 0 Å². The van der Waals surface area contributed by atoms with Crippen LogP contribution in [-0.2, 0) is 14.3 Å². The largest absolute Gasteiger partial charge is 0.463 e. The molecular formula is C21H29ClO3. The third kappa shape index (κ3) is 2.52. The number of rotatable bonds is 1. The summed E-state index contributed by atoms with van der Waals surface area (Å²) in [5, 5.41) is 0.0626. The molecule has 0 aliphatic heterocycles. The molecule has 4 rings (SSSR count). The molecule has 3 saturated carbocycles. The zero-order chi connectivity index (χ0) is 18.0. The first kappa shape index (κ1) is 17.6. The minimum absolute atomic E-state index is 0.00781. The van der Waals surface area contributed by atoms with Gasteiger partial charge in [-0.25, -0.2) is 0 Å². The second-order valence-electron chi connectivity index (χ2n) is 9.19.